The van der Waals surface area contributed by atoms with E-state index in [-0.39, 0.29) is 18.8 Å². The van der Waals surface area contributed by atoms with Crippen LogP contribution in [0.4, 0.5) is 8.78 Å². The van der Waals surface area contributed by atoms with E-state index in [1.54, 1.807) is 24.1 Å². The topological polar surface area (TPSA) is 27.1 Å². The van der Waals surface area contributed by atoms with Crippen LogP contribution in [-0.2, 0) is 7.05 Å². The van der Waals surface area contributed by atoms with Crippen molar-refractivity contribution in [2.24, 2.45) is 13.0 Å². The highest BCUT2D eigenvalue weighted by Gasteiger charge is 2.39. The van der Waals surface area contributed by atoms with E-state index < -0.39 is 5.92 Å². The Labute approximate surface area is 87.0 Å². The molecule has 1 aliphatic carbocycles. The summed E-state index contributed by atoms with van der Waals surface area (Å²) in [5.74, 6) is -1.86. The molecule has 0 radical (unpaired) electrons. The van der Waals surface area contributed by atoms with Crippen LogP contribution in [0.5, 0.6) is 5.75 Å². The van der Waals surface area contributed by atoms with Crippen LogP contribution in [0, 0.1) is 5.92 Å². The average Bonchev–Trinajstić information content (AvgIpc) is 2.69. The Morgan fingerprint density at radius 2 is 2.47 bits per heavy atom. The molecule has 0 aromatic carbocycles. The van der Waals surface area contributed by atoms with E-state index in [2.05, 4.69) is 5.10 Å². The maximum atomic E-state index is 12.9. The molecular weight excluding hydrogens is 202 g/mol. The lowest BCUT2D eigenvalue weighted by molar-refractivity contribution is 0.00292. The summed E-state index contributed by atoms with van der Waals surface area (Å²) in [5, 5.41) is 3.93. The molecule has 0 N–H and O–H groups in total. The summed E-state index contributed by atoms with van der Waals surface area (Å²) in [6, 6.07) is 0. The molecule has 1 aliphatic rings. The number of aryl methyl sites for hydroxylation is 1. The predicted octanol–water partition coefficient (Wildman–Crippen LogP) is 2.23. The molecule has 1 aromatic rings. The quantitative estimate of drug-likeness (QED) is 0.774. The monoisotopic (exact) mass is 216 g/mol. The maximum absolute atomic E-state index is 12.9. The summed E-state index contributed by atoms with van der Waals surface area (Å²) in [5.41, 5.74) is 0. The van der Waals surface area contributed by atoms with Crippen LogP contribution in [0.25, 0.3) is 0 Å². The Bertz CT molecular complexity index is 338. The fourth-order valence-electron chi connectivity index (χ4n) is 1.87. The van der Waals surface area contributed by atoms with E-state index in [9.17, 15) is 8.78 Å². The minimum atomic E-state index is -2.48. The zero-order chi connectivity index (χ0) is 10.9. The van der Waals surface area contributed by atoms with Gasteiger partial charge in [0.15, 0.2) is 5.75 Å². The summed E-state index contributed by atoms with van der Waals surface area (Å²) >= 11 is 0. The van der Waals surface area contributed by atoms with E-state index in [1.807, 2.05) is 0 Å². The van der Waals surface area contributed by atoms with Gasteiger partial charge in [-0.25, -0.2) is 8.78 Å². The van der Waals surface area contributed by atoms with Gasteiger partial charge in [-0.2, -0.15) is 5.10 Å². The number of hydrogen-bond donors (Lipinski definition) is 0. The molecule has 0 aliphatic heterocycles. The largest absolute Gasteiger partial charge is 0.490 e. The molecule has 0 saturated heterocycles. The lowest BCUT2D eigenvalue weighted by Gasteiger charge is -2.10. The van der Waals surface area contributed by atoms with Crippen LogP contribution < -0.4 is 4.74 Å². The molecule has 1 unspecified atom stereocenters. The number of halogens is 2. The van der Waals surface area contributed by atoms with Crippen LogP contribution in [0.3, 0.4) is 0 Å². The van der Waals surface area contributed by atoms with Crippen LogP contribution in [0.1, 0.15) is 19.3 Å². The first kappa shape index (κ1) is 10.4. The second kappa shape index (κ2) is 3.79. The number of rotatable bonds is 3. The van der Waals surface area contributed by atoms with Gasteiger partial charge in [-0.3, -0.25) is 4.68 Å². The molecular formula is C10H14F2N2O. The fraction of sp³-hybridized carbons (Fsp3) is 0.700. The van der Waals surface area contributed by atoms with Gasteiger partial charge in [0.2, 0.25) is 5.92 Å². The third-order valence-corrected chi connectivity index (χ3v) is 2.67. The highest BCUT2D eigenvalue weighted by molar-refractivity contribution is 5.11. The minimum absolute atomic E-state index is 0.00589. The lowest BCUT2D eigenvalue weighted by atomic mass is 10.1. The second-order valence-electron chi connectivity index (χ2n) is 4.13. The predicted molar refractivity (Wildman–Crippen MR) is 51.0 cm³/mol. The summed E-state index contributed by atoms with van der Waals surface area (Å²) < 4.78 is 32.7. The van der Waals surface area contributed by atoms with Crippen molar-refractivity contribution in [1.29, 1.82) is 0 Å². The zero-order valence-electron chi connectivity index (χ0n) is 8.62. The van der Waals surface area contributed by atoms with Crippen LogP contribution >= 0.6 is 0 Å². The molecule has 84 valence electrons. The molecule has 0 amide bonds. The highest BCUT2D eigenvalue weighted by Crippen LogP contribution is 2.38. The fourth-order valence-corrected chi connectivity index (χ4v) is 1.87. The number of aromatic nitrogens is 2. The zero-order valence-corrected chi connectivity index (χ0v) is 8.62. The van der Waals surface area contributed by atoms with Crippen molar-refractivity contribution in [3.8, 4) is 5.75 Å². The van der Waals surface area contributed by atoms with Gasteiger partial charge in [0.1, 0.15) is 0 Å². The minimum Gasteiger partial charge on any atom is -0.490 e. The van der Waals surface area contributed by atoms with Crippen molar-refractivity contribution in [2.75, 3.05) is 6.61 Å². The van der Waals surface area contributed by atoms with Crippen molar-refractivity contribution in [2.45, 2.75) is 25.2 Å². The smallest absolute Gasteiger partial charge is 0.248 e. The molecule has 3 nitrogen and oxygen atoms in total. The normalized spacial score (nSPS) is 24.3. The molecule has 1 aromatic heterocycles. The standard InChI is InChI=1S/C10H14F2N2O/c1-14-6-9(5-13-14)15-7-8-2-3-10(11,12)4-8/h5-6,8H,2-4,7H2,1H3. The Balaban J connectivity index is 1.80. The number of nitrogens with zero attached hydrogens (tertiary/aromatic N) is 2. The Morgan fingerprint density at radius 1 is 1.67 bits per heavy atom. The van der Waals surface area contributed by atoms with E-state index in [4.69, 9.17) is 4.74 Å². The third kappa shape index (κ3) is 2.67. The molecule has 15 heavy (non-hydrogen) atoms. The third-order valence-electron chi connectivity index (χ3n) is 2.67. The van der Waals surface area contributed by atoms with Crippen molar-refractivity contribution >= 4 is 0 Å². The van der Waals surface area contributed by atoms with Crippen LogP contribution in [-0.4, -0.2) is 22.3 Å². The van der Waals surface area contributed by atoms with Gasteiger partial charge < -0.3 is 4.74 Å². The summed E-state index contributed by atoms with van der Waals surface area (Å²) in [6.07, 6.45) is 3.81. The Hall–Kier alpha value is -1.13. The SMILES string of the molecule is Cn1cc(OCC2CCC(F)(F)C2)cn1. The van der Waals surface area contributed by atoms with Gasteiger partial charge in [-0.15, -0.1) is 0 Å². The molecule has 0 bridgehead atoms. The van der Waals surface area contributed by atoms with E-state index in [1.165, 1.54) is 0 Å². The number of alkyl halides is 2. The Kier molecular flexibility index (Phi) is 2.63. The second-order valence-corrected chi connectivity index (χ2v) is 4.13. The van der Waals surface area contributed by atoms with Gasteiger partial charge in [-0.1, -0.05) is 0 Å². The number of ether oxygens (including phenoxy) is 1. The Morgan fingerprint density at radius 3 is 3.00 bits per heavy atom. The van der Waals surface area contributed by atoms with Gasteiger partial charge in [0.05, 0.1) is 19.0 Å². The molecule has 1 atom stereocenters. The van der Waals surface area contributed by atoms with Crippen LogP contribution in [0.15, 0.2) is 12.4 Å². The summed E-state index contributed by atoms with van der Waals surface area (Å²) in [4.78, 5) is 0. The first-order chi connectivity index (χ1) is 7.05. The lowest BCUT2D eigenvalue weighted by Crippen LogP contribution is -2.13. The molecule has 5 heteroatoms. The molecule has 2 rings (SSSR count). The molecule has 0 spiro atoms. The number of hydrogen-bond acceptors (Lipinski definition) is 2. The first-order valence-corrected chi connectivity index (χ1v) is 5.04. The molecule has 1 fully saturated rings. The van der Waals surface area contributed by atoms with Gasteiger partial charge >= 0.3 is 0 Å². The van der Waals surface area contributed by atoms with E-state index in [0.717, 1.165) is 0 Å². The van der Waals surface area contributed by atoms with Gasteiger partial charge in [-0.05, 0) is 12.3 Å². The highest BCUT2D eigenvalue weighted by atomic mass is 19.3. The van der Waals surface area contributed by atoms with Gasteiger partial charge in [0.25, 0.3) is 0 Å². The molecule has 1 saturated carbocycles. The maximum Gasteiger partial charge on any atom is 0.248 e. The van der Waals surface area contributed by atoms with Crippen LogP contribution in [0.2, 0.25) is 0 Å². The van der Waals surface area contributed by atoms with E-state index in [0.29, 0.717) is 18.8 Å². The summed E-state index contributed by atoms with van der Waals surface area (Å²) in [7, 11) is 1.79. The van der Waals surface area contributed by atoms with Gasteiger partial charge in [0, 0.05) is 19.9 Å². The first-order valence-electron chi connectivity index (χ1n) is 5.04. The van der Waals surface area contributed by atoms with Crippen molar-refractivity contribution < 1.29 is 13.5 Å². The van der Waals surface area contributed by atoms with Crippen molar-refractivity contribution in [3.63, 3.8) is 0 Å². The molecule has 1 heterocycles. The van der Waals surface area contributed by atoms with Crippen molar-refractivity contribution in [1.82, 2.24) is 9.78 Å². The average molecular weight is 216 g/mol. The summed E-state index contributed by atoms with van der Waals surface area (Å²) in [6.45, 7) is 0.362. The van der Waals surface area contributed by atoms with Crippen molar-refractivity contribution in [3.05, 3.63) is 12.4 Å². The van der Waals surface area contributed by atoms with E-state index >= 15 is 0 Å².